The third kappa shape index (κ3) is 1.72. The summed E-state index contributed by atoms with van der Waals surface area (Å²) in [6, 6.07) is 0. The number of hydrogen-bond acceptors (Lipinski definition) is 3. The van der Waals surface area contributed by atoms with E-state index in [0.717, 1.165) is 0 Å². The normalized spacial score (nSPS) is 21.3. The molecule has 1 aliphatic rings. The molecule has 0 saturated carbocycles. The van der Waals surface area contributed by atoms with Gasteiger partial charge in [-0.1, -0.05) is 0 Å². The van der Waals surface area contributed by atoms with Crippen LogP contribution in [0.25, 0.3) is 0 Å². The lowest BCUT2D eigenvalue weighted by atomic mass is 10.1. The van der Waals surface area contributed by atoms with Crippen molar-refractivity contribution in [1.29, 1.82) is 0 Å². The number of ether oxygens (including phenoxy) is 1. The first-order valence-electron chi connectivity index (χ1n) is 4.26. The van der Waals surface area contributed by atoms with E-state index in [2.05, 4.69) is 10.3 Å². The van der Waals surface area contributed by atoms with Gasteiger partial charge in [0.25, 0.3) is 5.91 Å². The molecule has 0 unspecified atom stereocenters. The fraction of sp³-hybridized carbons (Fsp3) is 0.778. The first-order valence-corrected chi connectivity index (χ1v) is 4.26. The van der Waals surface area contributed by atoms with E-state index < -0.39 is 11.1 Å². The van der Waals surface area contributed by atoms with E-state index in [1.54, 1.807) is 21.0 Å². The molecule has 1 N–H and O–H groups in total. The van der Waals surface area contributed by atoms with E-state index in [4.69, 9.17) is 4.74 Å². The van der Waals surface area contributed by atoms with Crippen molar-refractivity contribution in [3.63, 3.8) is 0 Å². The third-order valence-electron chi connectivity index (χ3n) is 2.26. The average molecular weight is 184 g/mol. The molecule has 0 fully saturated rings. The van der Waals surface area contributed by atoms with E-state index in [-0.39, 0.29) is 5.91 Å². The highest BCUT2D eigenvalue weighted by Gasteiger charge is 2.39. The highest BCUT2D eigenvalue weighted by molar-refractivity contribution is 6.10. The number of carbonyl (C=O) groups excluding carboxylic acids is 1. The maximum absolute atomic E-state index is 11.4. The van der Waals surface area contributed by atoms with E-state index >= 15 is 0 Å². The number of amidine groups is 1. The lowest BCUT2D eigenvalue weighted by Gasteiger charge is -2.22. The monoisotopic (exact) mass is 184 g/mol. The molecule has 0 aliphatic carbocycles. The predicted molar refractivity (Wildman–Crippen MR) is 50.7 cm³/mol. The molecule has 1 aliphatic heterocycles. The Morgan fingerprint density at radius 2 is 2.00 bits per heavy atom. The van der Waals surface area contributed by atoms with Gasteiger partial charge in [-0.15, -0.1) is 0 Å². The topological polar surface area (TPSA) is 50.7 Å². The molecular weight excluding hydrogens is 168 g/mol. The van der Waals surface area contributed by atoms with Crippen LogP contribution in [0.1, 0.15) is 27.7 Å². The molecule has 0 aromatic heterocycles. The number of methoxy groups -OCH3 is 1. The van der Waals surface area contributed by atoms with E-state index in [0.29, 0.717) is 5.84 Å². The molecule has 0 aromatic carbocycles. The number of aliphatic imine (C=N–C) groups is 1. The minimum atomic E-state index is -0.662. The Labute approximate surface area is 78.4 Å². The van der Waals surface area contributed by atoms with Crippen LogP contribution < -0.4 is 5.32 Å². The van der Waals surface area contributed by atoms with Crippen molar-refractivity contribution in [2.24, 2.45) is 4.99 Å². The summed E-state index contributed by atoms with van der Waals surface area (Å²) in [6.07, 6.45) is 0. The Kier molecular flexibility index (Phi) is 2.20. The highest BCUT2D eigenvalue weighted by Crippen LogP contribution is 2.20. The smallest absolute Gasteiger partial charge is 0.252 e. The second-order valence-corrected chi connectivity index (χ2v) is 4.19. The van der Waals surface area contributed by atoms with Gasteiger partial charge in [-0.25, -0.2) is 0 Å². The molecular formula is C9H16N2O2. The van der Waals surface area contributed by atoms with Gasteiger partial charge in [-0.05, 0) is 27.7 Å². The van der Waals surface area contributed by atoms with Gasteiger partial charge >= 0.3 is 0 Å². The van der Waals surface area contributed by atoms with Gasteiger partial charge in [0.2, 0.25) is 0 Å². The van der Waals surface area contributed by atoms with Crippen LogP contribution in [0, 0.1) is 0 Å². The minimum Gasteiger partial charge on any atom is -0.371 e. The molecule has 1 heterocycles. The van der Waals surface area contributed by atoms with Crippen LogP contribution >= 0.6 is 0 Å². The highest BCUT2D eigenvalue weighted by atomic mass is 16.5. The van der Waals surface area contributed by atoms with Crippen molar-refractivity contribution in [3.8, 4) is 0 Å². The van der Waals surface area contributed by atoms with Crippen LogP contribution in [0.4, 0.5) is 0 Å². The SMILES string of the molecule is COC(C)(C)C1=NC(C)(C)C(=O)N1. The van der Waals surface area contributed by atoms with Crippen LogP contribution in [-0.2, 0) is 9.53 Å². The number of hydrogen-bond donors (Lipinski definition) is 1. The fourth-order valence-electron chi connectivity index (χ4n) is 1.00. The molecule has 0 radical (unpaired) electrons. The molecule has 1 amide bonds. The predicted octanol–water partition coefficient (Wildman–Crippen LogP) is 0.718. The summed E-state index contributed by atoms with van der Waals surface area (Å²) in [5, 5.41) is 2.72. The molecule has 0 saturated heterocycles. The molecule has 13 heavy (non-hydrogen) atoms. The second kappa shape index (κ2) is 2.80. The fourth-order valence-corrected chi connectivity index (χ4v) is 1.00. The third-order valence-corrected chi connectivity index (χ3v) is 2.26. The van der Waals surface area contributed by atoms with Crippen LogP contribution in [0.15, 0.2) is 4.99 Å². The Balaban J connectivity index is 2.94. The van der Waals surface area contributed by atoms with Crippen molar-refractivity contribution < 1.29 is 9.53 Å². The van der Waals surface area contributed by atoms with Crippen molar-refractivity contribution in [2.75, 3.05) is 7.11 Å². The Bertz CT molecular complexity index is 267. The maximum atomic E-state index is 11.4. The number of rotatable bonds is 2. The number of nitrogens with zero attached hydrogens (tertiary/aromatic N) is 1. The maximum Gasteiger partial charge on any atom is 0.252 e. The quantitative estimate of drug-likeness (QED) is 0.687. The Morgan fingerprint density at radius 1 is 1.46 bits per heavy atom. The average Bonchev–Trinajstić information content (AvgIpc) is 2.28. The lowest BCUT2D eigenvalue weighted by Crippen LogP contribution is -2.44. The van der Waals surface area contributed by atoms with Gasteiger partial charge in [0.15, 0.2) is 0 Å². The van der Waals surface area contributed by atoms with Gasteiger partial charge in [-0.3, -0.25) is 9.79 Å². The molecule has 4 heteroatoms. The summed E-state index contributed by atoms with van der Waals surface area (Å²) in [4.78, 5) is 15.7. The Hall–Kier alpha value is -0.900. The van der Waals surface area contributed by atoms with E-state index in [1.807, 2.05) is 13.8 Å². The van der Waals surface area contributed by atoms with E-state index in [1.165, 1.54) is 0 Å². The van der Waals surface area contributed by atoms with Crippen LogP contribution in [-0.4, -0.2) is 30.0 Å². The van der Waals surface area contributed by atoms with Crippen LogP contribution in [0.3, 0.4) is 0 Å². The van der Waals surface area contributed by atoms with Crippen molar-refractivity contribution in [3.05, 3.63) is 0 Å². The van der Waals surface area contributed by atoms with Gasteiger partial charge in [-0.2, -0.15) is 0 Å². The first-order chi connectivity index (χ1) is 5.79. The zero-order valence-electron chi connectivity index (χ0n) is 8.76. The Morgan fingerprint density at radius 3 is 2.31 bits per heavy atom. The van der Waals surface area contributed by atoms with Crippen LogP contribution in [0.5, 0.6) is 0 Å². The minimum absolute atomic E-state index is 0.0763. The number of carbonyl (C=O) groups is 1. The first kappa shape index (κ1) is 10.2. The molecule has 0 bridgehead atoms. The summed E-state index contributed by atoms with van der Waals surface area (Å²) in [6.45, 7) is 7.29. The second-order valence-electron chi connectivity index (χ2n) is 4.19. The van der Waals surface area contributed by atoms with Crippen molar-refractivity contribution >= 4 is 11.7 Å². The largest absolute Gasteiger partial charge is 0.371 e. The number of nitrogens with one attached hydrogen (secondary N) is 1. The molecule has 0 aromatic rings. The summed E-state index contributed by atoms with van der Waals surface area (Å²) >= 11 is 0. The zero-order chi connectivity index (χ0) is 10.3. The summed E-state index contributed by atoms with van der Waals surface area (Å²) in [5.41, 5.74) is -1.19. The molecule has 4 nitrogen and oxygen atoms in total. The molecule has 0 atom stereocenters. The zero-order valence-corrected chi connectivity index (χ0v) is 8.76. The summed E-state index contributed by atoms with van der Waals surface area (Å²) in [7, 11) is 1.60. The molecule has 74 valence electrons. The van der Waals surface area contributed by atoms with Crippen molar-refractivity contribution in [2.45, 2.75) is 38.8 Å². The number of amides is 1. The van der Waals surface area contributed by atoms with E-state index in [9.17, 15) is 4.79 Å². The summed E-state index contributed by atoms with van der Waals surface area (Å²) < 4.78 is 5.22. The summed E-state index contributed by atoms with van der Waals surface area (Å²) in [5.74, 6) is 0.526. The lowest BCUT2D eigenvalue weighted by molar-refractivity contribution is -0.122. The van der Waals surface area contributed by atoms with Crippen LogP contribution in [0.2, 0.25) is 0 Å². The van der Waals surface area contributed by atoms with Gasteiger partial charge in [0, 0.05) is 7.11 Å². The van der Waals surface area contributed by atoms with Gasteiger partial charge in [0.1, 0.15) is 17.0 Å². The standard InChI is InChI=1S/C9H16N2O2/c1-8(2)7(12)10-6(11-8)9(3,4)13-5/h1-5H3,(H,10,11,12). The molecule has 0 spiro atoms. The molecule has 1 rings (SSSR count). The van der Waals surface area contributed by atoms with Gasteiger partial charge < -0.3 is 10.1 Å². The van der Waals surface area contributed by atoms with Crippen molar-refractivity contribution in [1.82, 2.24) is 5.32 Å². The van der Waals surface area contributed by atoms with Gasteiger partial charge in [0.05, 0.1) is 0 Å².